The standard InChI is InChI=1S/C14H16N2O2/c17-12-10-6-2-3-7-11(10)15-13(18)14(16-12)8-4-1-5-9-14/h2-3,6-7H,1,4-5,8-9H2,(H,15,18)(H,16,17). The first-order valence-electron chi connectivity index (χ1n) is 6.44. The average molecular weight is 244 g/mol. The van der Waals surface area contributed by atoms with Crippen molar-refractivity contribution in [3.63, 3.8) is 0 Å². The summed E-state index contributed by atoms with van der Waals surface area (Å²) in [6.07, 6.45) is 4.59. The summed E-state index contributed by atoms with van der Waals surface area (Å²) in [4.78, 5) is 24.6. The molecular weight excluding hydrogens is 228 g/mol. The summed E-state index contributed by atoms with van der Waals surface area (Å²) in [5.74, 6) is -0.216. The van der Waals surface area contributed by atoms with Gasteiger partial charge in [0, 0.05) is 0 Å². The fourth-order valence-electron chi connectivity index (χ4n) is 2.88. The van der Waals surface area contributed by atoms with Crippen molar-refractivity contribution in [1.82, 2.24) is 5.32 Å². The highest BCUT2D eigenvalue weighted by Gasteiger charge is 2.43. The lowest BCUT2D eigenvalue weighted by Crippen LogP contribution is -2.56. The summed E-state index contributed by atoms with van der Waals surface area (Å²) in [7, 11) is 0. The Morgan fingerprint density at radius 2 is 1.72 bits per heavy atom. The lowest BCUT2D eigenvalue weighted by atomic mass is 9.81. The SMILES string of the molecule is O=C1NC2(CCCCC2)C(=O)Nc2ccccc21. The molecule has 1 aromatic carbocycles. The maximum absolute atomic E-state index is 12.4. The maximum Gasteiger partial charge on any atom is 0.254 e. The van der Waals surface area contributed by atoms with E-state index >= 15 is 0 Å². The highest BCUT2D eigenvalue weighted by atomic mass is 16.2. The van der Waals surface area contributed by atoms with Crippen molar-refractivity contribution >= 4 is 17.5 Å². The molecule has 1 aliphatic heterocycles. The van der Waals surface area contributed by atoms with Gasteiger partial charge >= 0.3 is 0 Å². The van der Waals surface area contributed by atoms with Crippen LogP contribution in [0, 0.1) is 0 Å². The van der Waals surface area contributed by atoms with E-state index in [-0.39, 0.29) is 11.8 Å². The van der Waals surface area contributed by atoms with Crippen LogP contribution < -0.4 is 10.6 Å². The molecule has 2 amide bonds. The van der Waals surface area contributed by atoms with Gasteiger partial charge in [-0.25, -0.2) is 0 Å². The van der Waals surface area contributed by atoms with Crippen LogP contribution in [0.5, 0.6) is 0 Å². The van der Waals surface area contributed by atoms with Gasteiger partial charge in [-0.15, -0.1) is 0 Å². The van der Waals surface area contributed by atoms with Gasteiger partial charge < -0.3 is 10.6 Å². The summed E-state index contributed by atoms with van der Waals surface area (Å²) in [5.41, 5.74) is 0.463. The molecule has 1 heterocycles. The van der Waals surface area contributed by atoms with E-state index in [2.05, 4.69) is 10.6 Å². The number of hydrogen-bond donors (Lipinski definition) is 2. The number of fused-ring (bicyclic) bond motifs is 1. The van der Waals surface area contributed by atoms with E-state index in [1.54, 1.807) is 12.1 Å². The Hall–Kier alpha value is -1.84. The van der Waals surface area contributed by atoms with Gasteiger partial charge in [0.05, 0.1) is 11.3 Å². The third-order valence-corrected chi connectivity index (χ3v) is 3.91. The first kappa shape index (κ1) is 11.3. The number of anilines is 1. The number of nitrogens with one attached hydrogen (secondary N) is 2. The molecule has 0 saturated heterocycles. The molecule has 4 nitrogen and oxygen atoms in total. The van der Waals surface area contributed by atoms with Crippen molar-refractivity contribution in [3.05, 3.63) is 29.8 Å². The molecule has 1 fully saturated rings. The number of carbonyl (C=O) groups is 2. The predicted molar refractivity (Wildman–Crippen MR) is 68.4 cm³/mol. The lowest BCUT2D eigenvalue weighted by Gasteiger charge is -2.34. The van der Waals surface area contributed by atoms with Crippen LogP contribution in [-0.2, 0) is 4.79 Å². The zero-order chi connectivity index (χ0) is 12.6. The quantitative estimate of drug-likeness (QED) is 0.734. The molecule has 2 aliphatic rings. The van der Waals surface area contributed by atoms with Crippen molar-refractivity contribution in [3.8, 4) is 0 Å². The summed E-state index contributed by atoms with van der Waals surface area (Å²) >= 11 is 0. The van der Waals surface area contributed by atoms with Crippen LogP contribution in [0.1, 0.15) is 42.5 Å². The molecule has 3 rings (SSSR count). The van der Waals surface area contributed by atoms with E-state index in [1.165, 1.54) is 0 Å². The second-order valence-corrected chi connectivity index (χ2v) is 5.10. The van der Waals surface area contributed by atoms with Crippen LogP contribution in [0.4, 0.5) is 5.69 Å². The Morgan fingerprint density at radius 3 is 2.50 bits per heavy atom. The normalized spacial score (nSPS) is 21.8. The fourth-order valence-corrected chi connectivity index (χ4v) is 2.88. The van der Waals surface area contributed by atoms with Gasteiger partial charge in [-0.2, -0.15) is 0 Å². The van der Waals surface area contributed by atoms with Gasteiger partial charge in [-0.1, -0.05) is 31.4 Å². The molecule has 1 spiro atoms. The largest absolute Gasteiger partial charge is 0.338 e. The van der Waals surface area contributed by atoms with Gasteiger partial charge in [-0.05, 0) is 25.0 Å². The topological polar surface area (TPSA) is 58.2 Å². The molecular formula is C14H16N2O2. The van der Waals surface area contributed by atoms with Gasteiger partial charge in [-0.3, -0.25) is 9.59 Å². The fraction of sp³-hybridized carbons (Fsp3) is 0.429. The number of benzene rings is 1. The maximum atomic E-state index is 12.4. The van der Waals surface area contributed by atoms with Crippen LogP contribution in [0.15, 0.2) is 24.3 Å². The summed E-state index contributed by atoms with van der Waals surface area (Å²) in [6, 6.07) is 7.15. The minimum atomic E-state index is -0.700. The molecule has 1 saturated carbocycles. The first-order valence-corrected chi connectivity index (χ1v) is 6.44. The number of carbonyl (C=O) groups excluding carboxylic acids is 2. The van der Waals surface area contributed by atoms with Crippen molar-refractivity contribution in [1.29, 1.82) is 0 Å². The van der Waals surface area contributed by atoms with E-state index in [4.69, 9.17) is 0 Å². The van der Waals surface area contributed by atoms with Crippen LogP contribution in [0.3, 0.4) is 0 Å². The molecule has 0 atom stereocenters. The van der Waals surface area contributed by atoms with Gasteiger partial charge in [0.1, 0.15) is 5.54 Å². The summed E-state index contributed by atoms with van der Waals surface area (Å²) in [5, 5.41) is 5.84. The Kier molecular flexibility index (Phi) is 2.58. The summed E-state index contributed by atoms with van der Waals surface area (Å²) in [6.45, 7) is 0. The molecule has 0 radical (unpaired) electrons. The molecule has 0 bridgehead atoms. The van der Waals surface area contributed by atoms with Crippen LogP contribution in [0.25, 0.3) is 0 Å². The highest BCUT2D eigenvalue weighted by Crippen LogP contribution is 2.32. The van der Waals surface area contributed by atoms with E-state index in [0.29, 0.717) is 11.3 Å². The Bertz CT molecular complexity index is 504. The molecule has 4 heteroatoms. The number of para-hydroxylation sites is 1. The van der Waals surface area contributed by atoms with Gasteiger partial charge in [0.2, 0.25) is 5.91 Å². The molecule has 0 unspecified atom stereocenters. The minimum absolute atomic E-state index is 0.0690. The van der Waals surface area contributed by atoms with E-state index in [9.17, 15) is 9.59 Å². The van der Waals surface area contributed by atoms with Crippen LogP contribution in [-0.4, -0.2) is 17.4 Å². The molecule has 1 aliphatic carbocycles. The van der Waals surface area contributed by atoms with Gasteiger partial charge in [0.15, 0.2) is 0 Å². The third kappa shape index (κ3) is 1.68. The van der Waals surface area contributed by atoms with E-state index < -0.39 is 5.54 Å². The van der Waals surface area contributed by atoms with Crippen LogP contribution >= 0.6 is 0 Å². The van der Waals surface area contributed by atoms with Crippen molar-refractivity contribution in [2.24, 2.45) is 0 Å². The molecule has 94 valence electrons. The monoisotopic (exact) mass is 244 g/mol. The second-order valence-electron chi connectivity index (χ2n) is 5.10. The highest BCUT2D eigenvalue weighted by molar-refractivity contribution is 6.11. The Labute approximate surface area is 106 Å². The van der Waals surface area contributed by atoms with Crippen molar-refractivity contribution in [2.45, 2.75) is 37.6 Å². The molecule has 1 aromatic rings. The van der Waals surface area contributed by atoms with Crippen LogP contribution in [0.2, 0.25) is 0 Å². The number of rotatable bonds is 0. The molecule has 18 heavy (non-hydrogen) atoms. The molecule has 0 aromatic heterocycles. The zero-order valence-corrected chi connectivity index (χ0v) is 10.2. The zero-order valence-electron chi connectivity index (χ0n) is 10.2. The number of hydrogen-bond acceptors (Lipinski definition) is 2. The van der Waals surface area contributed by atoms with Crippen molar-refractivity contribution in [2.75, 3.05) is 5.32 Å². The van der Waals surface area contributed by atoms with Crippen molar-refractivity contribution < 1.29 is 9.59 Å². The molecule has 2 N–H and O–H groups in total. The Balaban J connectivity index is 2.00. The second kappa shape index (κ2) is 4.12. The smallest absolute Gasteiger partial charge is 0.254 e. The lowest BCUT2D eigenvalue weighted by molar-refractivity contribution is -0.123. The first-order chi connectivity index (χ1) is 8.71. The number of amides is 2. The van der Waals surface area contributed by atoms with Gasteiger partial charge in [0.25, 0.3) is 5.91 Å². The minimum Gasteiger partial charge on any atom is -0.338 e. The summed E-state index contributed by atoms with van der Waals surface area (Å²) < 4.78 is 0. The predicted octanol–water partition coefficient (Wildman–Crippen LogP) is 2.07. The van der Waals surface area contributed by atoms with E-state index in [0.717, 1.165) is 32.1 Å². The Morgan fingerprint density at radius 1 is 1.00 bits per heavy atom. The van der Waals surface area contributed by atoms with E-state index in [1.807, 2.05) is 12.1 Å². The third-order valence-electron chi connectivity index (χ3n) is 3.91. The average Bonchev–Trinajstić information content (AvgIpc) is 2.48.